The Hall–Kier alpha value is -3.10. The summed E-state index contributed by atoms with van der Waals surface area (Å²) in [6, 6.07) is 18.3. The summed E-state index contributed by atoms with van der Waals surface area (Å²) >= 11 is 3.20. The lowest BCUT2D eigenvalue weighted by atomic mass is 10.1. The number of carbonyl (C=O) groups is 2. The fourth-order valence-electron chi connectivity index (χ4n) is 3.40. The van der Waals surface area contributed by atoms with Gasteiger partial charge in [0.2, 0.25) is 5.91 Å². The van der Waals surface area contributed by atoms with Gasteiger partial charge in [0.15, 0.2) is 10.8 Å². The van der Waals surface area contributed by atoms with Gasteiger partial charge >= 0.3 is 0 Å². The molecule has 0 saturated carbocycles. The van der Waals surface area contributed by atoms with Gasteiger partial charge in [0.1, 0.15) is 11.8 Å². The molecule has 0 radical (unpaired) electrons. The van der Waals surface area contributed by atoms with Crippen molar-refractivity contribution >= 4 is 45.1 Å². The second-order valence-electron chi connectivity index (χ2n) is 7.65. The number of fused-ring (bicyclic) bond motifs is 1. The summed E-state index contributed by atoms with van der Waals surface area (Å²) in [7, 11) is 0. The van der Waals surface area contributed by atoms with Crippen LogP contribution in [0, 0.1) is 6.92 Å². The lowest BCUT2D eigenvalue weighted by Gasteiger charge is -2.18. The molecule has 2 N–H and O–H groups in total. The van der Waals surface area contributed by atoms with Gasteiger partial charge in [-0.1, -0.05) is 29.8 Å². The number of hydrogen-bond donors (Lipinski definition) is 2. The van der Waals surface area contributed by atoms with E-state index in [-0.39, 0.29) is 18.4 Å². The number of aromatic nitrogens is 1. The molecule has 0 saturated heterocycles. The molecule has 2 heterocycles. The van der Waals surface area contributed by atoms with Crippen LogP contribution >= 0.6 is 23.1 Å². The Morgan fingerprint density at radius 2 is 1.97 bits per heavy atom. The minimum absolute atomic E-state index is 0.233. The summed E-state index contributed by atoms with van der Waals surface area (Å²) in [5.41, 5.74) is 2.47. The number of thioether (sulfide) groups is 1. The van der Waals surface area contributed by atoms with Gasteiger partial charge in [-0.15, -0.1) is 11.3 Å². The zero-order valence-corrected chi connectivity index (χ0v) is 20.1. The molecule has 1 atom stereocenters. The predicted molar refractivity (Wildman–Crippen MR) is 135 cm³/mol. The van der Waals surface area contributed by atoms with E-state index in [1.165, 1.54) is 0 Å². The quantitative estimate of drug-likeness (QED) is 0.352. The Morgan fingerprint density at radius 1 is 1.12 bits per heavy atom. The molecule has 4 rings (SSSR count). The van der Waals surface area contributed by atoms with Crippen LogP contribution in [0.5, 0.6) is 0 Å². The standard InChI is InChI=1S/C25H25N3O3S2/c1-16-6-5-7-17(14-16)23(29)27-20(12-13-32-2)24(30)26-15-18-10-11-21(31-18)25-28-19-8-3-4-9-22(19)33-25/h3-11,14,20H,12-13,15H2,1-2H3,(H,26,30)(H,27,29). The molecular formula is C25H25N3O3S2. The van der Waals surface area contributed by atoms with E-state index in [0.717, 1.165) is 26.5 Å². The van der Waals surface area contributed by atoms with Crippen molar-refractivity contribution in [2.45, 2.75) is 25.9 Å². The molecule has 0 aliphatic heterocycles. The third kappa shape index (κ3) is 5.83. The maximum absolute atomic E-state index is 12.9. The monoisotopic (exact) mass is 479 g/mol. The lowest BCUT2D eigenvalue weighted by Crippen LogP contribution is -2.46. The fraction of sp³-hybridized carbons (Fsp3) is 0.240. The molecule has 4 aromatic rings. The molecule has 0 spiro atoms. The summed E-state index contributed by atoms with van der Waals surface area (Å²) in [6.45, 7) is 2.17. The van der Waals surface area contributed by atoms with Crippen molar-refractivity contribution in [2.75, 3.05) is 12.0 Å². The molecule has 8 heteroatoms. The van der Waals surface area contributed by atoms with Gasteiger partial charge in [-0.05, 0) is 61.8 Å². The number of furan rings is 1. The summed E-state index contributed by atoms with van der Waals surface area (Å²) < 4.78 is 7.01. The van der Waals surface area contributed by atoms with Crippen molar-refractivity contribution < 1.29 is 14.0 Å². The van der Waals surface area contributed by atoms with Gasteiger partial charge in [0, 0.05) is 5.56 Å². The van der Waals surface area contributed by atoms with Crippen LogP contribution in [0.15, 0.2) is 65.1 Å². The molecular weight excluding hydrogens is 454 g/mol. The highest BCUT2D eigenvalue weighted by atomic mass is 32.2. The number of aryl methyl sites for hydroxylation is 1. The Morgan fingerprint density at radius 3 is 2.76 bits per heavy atom. The number of thiazole rings is 1. The summed E-state index contributed by atoms with van der Waals surface area (Å²) in [4.78, 5) is 30.1. The van der Waals surface area contributed by atoms with E-state index < -0.39 is 6.04 Å². The Balaban J connectivity index is 1.39. The Kier molecular flexibility index (Phi) is 7.47. The highest BCUT2D eigenvalue weighted by Crippen LogP contribution is 2.31. The number of hydrogen-bond acceptors (Lipinski definition) is 6. The Labute approximate surface area is 200 Å². The van der Waals surface area contributed by atoms with Crippen molar-refractivity contribution in [3.63, 3.8) is 0 Å². The molecule has 0 aliphatic carbocycles. The highest BCUT2D eigenvalue weighted by Gasteiger charge is 2.21. The number of nitrogens with one attached hydrogen (secondary N) is 2. The van der Waals surface area contributed by atoms with Crippen molar-refractivity contribution in [1.29, 1.82) is 0 Å². The van der Waals surface area contributed by atoms with Crippen LogP contribution in [-0.2, 0) is 11.3 Å². The van der Waals surface area contributed by atoms with Crippen LogP contribution in [0.25, 0.3) is 21.0 Å². The molecule has 2 amide bonds. The normalized spacial score (nSPS) is 11.9. The maximum atomic E-state index is 12.9. The van der Waals surface area contributed by atoms with Crippen LogP contribution in [0.2, 0.25) is 0 Å². The number of benzene rings is 2. The average Bonchev–Trinajstić information content (AvgIpc) is 3.47. The van der Waals surface area contributed by atoms with Crippen LogP contribution in [-0.4, -0.2) is 34.8 Å². The average molecular weight is 480 g/mol. The summed E-state index contributed by atoms with van der Waals surface area (Å²) in [5, 5.41) is 6.57. The molecule has 170 valence electrons. The van der Waals surface area contributed by atoms with E-state index in [1.807, 2.05) is 67.8 Å². The van der Waals surface area contributed by atoms with E-state index >= 15 is 0 Å². The number of nitrogens with zero attached hydrogens (tertiary/aromatic N) is 1. The topological polar surface area (TPSA) is 84.2 Å². The summed E-state index contributed by atoms with van der Waals surface area (Å²) in [5.74, 6) is 1.58. The van der Waals surface area contributed by atoms with Crippen LogP contribution in [0.4, 0.5) is 0 Å². The smallest absolute Gasteiger partial charge is 0.251 e. The van der Waals surface area contributed by atoms with E-state index in [1.54, 1.807) is 29.2 Å². The molecule has 0 aliphatic rings. The minimum Gasteiger partial charge on any atom is -0.457 e. The summed E-state index contributed by atoms with van der Waals surface area (Å²) in [6.07, 6.45) is 2.52. The molecule has 1 unspecified atom stereocenters. The predicted octanol–water partition coefficient (Wildman–Crippen LogP) is 5.03. The van der Waals surface area contributed by atoms with Gasteiger partial charge in [-0.25, -0.2) is 4.98 Å². The van der Waals surface area contributed by atoms with E-state index in [4.69, 9.17) is 4.42 Å². The number of para-hydroxylation sites is 1. The fourth-order valence-corrected chi connectivity index (χ4v) is 4.79. The molecule has 6 nitrogen and oxygen atoms in total. The second kappa shape index (κ2) is 10.7. The first-order valence-electron chi connectivity index (χ1n) is 10.6. The van der Waals surface area contributed by atoms with Gasteiger partial charge < -0.3 is 15.1 Å². The van der Waals surface area contributed by atoms with Gasteiger partial charge in [-0.3, -0.25) is 9.59 Å². The molecule has 0 bridgehead atoms. The molecule has 0 fully saturated rings. The van der Waals surface area contributed by atoms with Crippen molar-refractivity contribution in [1.82, 2.24) is 15.6 Å². The first-order valence-corrected chi connectivity index (χ1v) is 12.8. The molecule has 2 aromatic heterocycles. The molecule has 33 heavy (non-hydrogen) atoms. The van der Waals surface area contributed by atoms with Crippen LogP contribution < -0.4 is 10.6 Å². The number of amides is 2. The second-order valence-corrected chi connectivity index (χ2v) is 9.66. The lowest BCUT2D eigenvalue weighted by molar-refractivity contribution is -0.123. The Bertz CT molecular complexity index is 1230. The largest absolute Gasteiger partial charge is 0.457 e. The zero-order valence-electron chi connectivity index (χ0n) is 18.5. The number of carbonyl (C=O) groups excluding carboxylic acids is 2. The maximum Gasteiger partial charge on any atom is 0.251 e. The van der Waals surface area contributed by atoms with Crippen LogP contribution in [0.3, 0.4) is 0 Å². The van der Waals surface area contributed by atoms with E-state index in [9.17, 15) is 9.59 Å². The van der Waals surface area contributed by atoms with E-state index in [2.05, 4.69) is 15.6 Å². The van der Waals surface area contributed by atoms with Crippen LogP contribution in [0.1, 0.15) is 28.1 Å². The first kappa shape index (κ1) is 23.1. The SMILES string of the molecule is CSCCC(NC(=O)c1cccc(C)c1)C(=O)NCc1ccc(-c2nc3ccccc3s2)o1. The van der Waals surface area contributed by atoms with Crippen molar-refractivity contribution in [3.8, 4) is 10.8 Å². The van der Waals surface area contributed by atoms with Crippen molar-refractivity contribution in [2.24, 2.45) is 0 Å². The van der Waals surface area contributed by atoms with Crippen molar-refractivity contribution in [3.05, 3.63) is 77.6 Å². The highest BCUT2D eigenvalue weighted by molar-refractivity contribution is 7.98. The first-order chi connectivity index (χ1) is 16.0. The van der Waals surface area contributed by atoms with Gasteiger partial charge in [0.25, 0.3) is 5.91 Å². The minimum atomic E-state index is -0.621. The van der Waals surface area contributed by atoms with Gasteiger partial charge in [0.05, 0.1) is 16.8 Å². The third-order valence-corrected chi connectivity index (χ3v) is 6.81. The van der Waals surface area contributed by atoms with E-state index in [0.29, 0.717) is 23.5 Å². The van der Waals surface area contributed by atoms with Gasteiger partial charge in [-0.2, -0.15) is 11.8 Å². The zero-order chi connectivity index (χ0) is 23.2. The number of rotatable bonds is 9. The molecule has 2 aromatic carbocycles. The third-order valence-electron chi connectivity index (χ3n) is 5.12.